The van der Waals surface area contributed by atoms with Gasteiger partial charge in [0, 0.05) is 0 Å². The predicted octanol–water partition coefficient (Wildman–Crippen LogP) is 2.62. The first-order chi connectivity index (χ1) is 3.73. The molecule has 2 nitrogen and oxygen atoms in total. The lowest BCUT2D eigenvalue weighted by Crippen LogP contribution is -1.69. The molecule has 8 heteroatoms. The van der Waals surface area contributed by atoms with Crippen LogP contribution in [-0.4, -0.2) is 11.1 Å². The van der Waals surface area contributed by atoms with E-state index in [0.29, 0.717) is 0 Å². The number of halogens is 5. The number of alkyl halides is 3. The molecule has 0 aromatic carbocycles. The average Bonchev–Trinajstić information content (AvgIpc) is 1.19. The van der Waals surface area contributed by atoms with Crippen LogP contribution in [0.15, 0.2) is 0 Å². The van der Waals surface area contributed by atoms with Crippen LogP contribution >= 0.6 is 47.8 Å². The molecular formula is CHBr3F2O2S. The van der Waals surface area contributed by atoms with E-state index in [1.807, 2.05) is 0 Å². The first-order valence-corrected chi connectivity index (χ1v) is 5.33. The number of rotatable bonds is 0. The number of hydrogen-bond donors (Lipinski definition) is 0. The summed E-state index contributed by atoms with van der Waals surface area (Å²) in [5, 5.41) is 0. The van der Waals surface area contributed by atoms with Gasteiger partial charge in [0.1, 0.15) is 2.65 Å². The first kappa shape index (κ1) is 12.9. The Kier molecular flexibility index (Phi) is 8.58. The van der Waals surface area contributed by atoms with Gasteiger partial charge in [0.25, 0.3) is 0 Å². The highest BCUT2D eigenvalue weighted by Gasteiger charge is 1.94. The second-order valence-corrected chi connectivity index (χ2v) is 7.82. The summed E-state index contributed by atoms with van der Waals surface area (Å²) in [7, 11) is -5.67. The van der Waals surface area contributed by atoms with Gasteiger partial charge in [-0.15, -0.1) is 0 Å². The highest BCUT2D eigenvalue weighted by molar-refractivity contribution is 9.38. The molecule has 58 valence electrons. The van der Waals surface area contributed by atoms with Crippen molar-refractivity contribution in [2.75, 3.05) is 0 Å². The molecule has 0 aliphatic rings. The van der Waals surface area contributed by atoms with Gasteiger partial charge in [0.15, 0.2) is 0 Å². The summed E-state index contributed by atoms with van der Waals surface area (Å²) < 4.78 is 36.9. The van der Waals surface area contributed by atoms with E-state index in [4.69, 9.17) is 8.42 Å². The van der Waals surface area contributed by atoms with Crippen molar-refractivity contribution in [1.29, 1.82) is 0 Å². The highest BCUT2D eigenvalue weighted by atomic mass is 80.0. The van der Waals surface area contributed by atoms with Crippen molar-refractivity contribution in [1.82, 2.24) is 0 Å². The van der Waals surface area contributed by atoms with Crippen LogP contribution in [0.2, 0.25) is 0 Å². The standard InChI is InChI=1S/CHBr3.F2O2S/c2-1(3)4;1-5(2,3)4/h1H;. The van der Waals surface area contributed by atoms with E-state index in [-0.39, 0.29) is 2.65 Å². The maximum Gasteiger partial charge on any atom is 0.476 e. The molecule has 0 aromatic heterocycles. The SMILES string of the molecule is BrC(Br)Br.O=S(=O)(F)F. The van der Waals surface area contributed by atoms with Gasteiger partial charge in [0.2, 0.25) is 0 Å². The second-order valence-electron chi connectivity index (χ2n) is 0.626. The first-order valence-electron chi connectivity index (χ1n) is 1.30. The van der Waals surface area contributed by atoms with Crippen LogP contribution in [0.25, 0.3) is 0 Å². The summed E-state index contributed by atoms with van der Waals surface area (Å²) in [6, 6.07) is 0. The van der Waals surface area contributed by atoms with Crippen LogP contribution in [0.3, 0.4) is 0 Å². The van der Waals surface area contributed by atoms with Crippen LogP contribution in [-0.2, 0) is 10.6 Å². The van der Waals surface area contributed by atoms with E-state index in [0.717, 1.165) is 0 Å². The van der Waals surface area contributed by atoms with E-state index in [1.54, 1.807) is 0 Å². The molecule has 0 bridgehead atoms. The minimum Gasteiger partial charge on any atom is -0.160 e. The fourth-order valence-electron chi connectivity index (χ4n) is 0. The zero-order valence-corrected chi connectivity index (χ0v) is 9.27. The van der Waals surface area contributed by atoms with Crippen LogP contribution in [0, 0.1) is 0 Å². The lowest BCUT2D eigenvalue weighted by atomic mass is 12.0. The van der Waals surface area contributed by atoms with E-state index in [1.165, 1.54) is 0 Å². The molecule has 9 heavy (non-hydrogen) atoms. The van der Waals surface area contributed by atoms with Crippen LogP contribution < -0.4 is 0 Å². The average molecular weight is 355 g/mol. The summed E-state index contributed by atoms with van der Waals surface area (Å²) in [6.07, 6.45) is 0. The van der Waals surface area contributed by atoms with Crippen molar-refractivity contribution in [2.45, 2.75) is 2.65 Å². The monoisotopic (exact) mass is 352 g/mol. The molecule has 0 aromatic rings. The quantitative estimate of drug-likeness (QED) is 0.495. The Hall–Kier alpha value is 1.25. The maximum absolute atomic E-state index is 9.99. The Morgan fingerprint density at radius 3 is 1.11 bits per heavy atom. The molecule has 0 N–H and O–H groups in total. The molecule has 0 radical (unpaired) electrons. The van der Waals surface area contributed by atoms with E-state index < -0.39 is 10.6 Å². The van der Waals surface area contributed by atoms with Gasteiger partial charge >= 0.3 is 10.6 Å². The molecule has 0 fully saturated rings. The van der Waals surface area contributed by atoms with Gasteiger partial charge in [-0.25, -0.2) is 0 Å². The molecule has 0 aliphatic carbocycles. The Balaban J connectivity index is 0. The largest absolute Gasteiger partial charge is 0.476 e. The summed E-state index contributed by atoms with van der Waals surface area (Å²) >= 11 is 9.31. The predicted molar refractivity (Wildman–Crippen MR) is 41.7 cm³/mol. The molecule has 0 unspecified atom stereocenters. The Labute approximate surface area is 76.9 Å². The van der Waals surface area contributed by atoms with E-state index in [9.17, 15) is 7.77 Å². The Morgan fingerprint density at radius 1 is 1.11 bits per heavy atom. The molecular weight excluding hydrogens is 354 g/mol. The van der Waals surface area contributed by atoms with E-state index >= 15 is 0 Å². The zero-order valence-electron chi connectivity index (χ0n) is 3.69. The summed E-state index contributed by atoms with van der Waals surface area (Å²) in [5.41, 5.74) is 0. The third-order valence-corrected chi connectivity index (χ3v) is 0. The van der Waals surface area contributed by atoms with Gasteiger partial charge in [0.05, 0.1) is 0 Å². The minimum absolute atomic E-state index is 0.271. The van der Waals surface area contributed by atoms with E-state index in [2.05, 4.69) is 47.8 Å². The van der Waals surface area contributed by atoms with Crippen molar-refractivity contribution >= 4 is 58.4 Å². The molecule has 0 amide bonds. The molecule has 0 spiro atoms. The Bertz CT molecular complexity index is 131. The highest BCUT2D eigenvalue weighted by Crippen LogP contribution is 2.13. The number of hydrogen-bond acceptors (Lipinski definition) is 2. The van der Waals surface area contributed by atoms with Gasteiger partial charge in [-0.1, -0.05) is 55.6 Å². The zero-order chi connectivity index (χ0) is 8.08. The Morgan fingerprint density at radius 2 is 1.11 bits per heavy atom. The van der Waals surface area contributed by atoms with Crippen molar-refractivity contribution < 1.29 is 16.2 Å². The topological polar surface area (TPSA) is 34.1 Å². The minimum atomic E-state index is -5.67. The molecule has 0 heterocycles. The molecule has 0 aliphatic heterocycles. The van der Waals surface area contributed by atoms with Gasteiger partial charge in [-0.2, -0.15) is 8.42 Å². The second kappa shape index (κ2) is 5.99. The lowest BCUT2D eigenvalue weighted by Gasteiger charge is -1.70. The smallest absolute Gasteiger partial charge is 0.160 e. The third-order valence-electron chi connectivity index (χ3n) is 0. The maximum atomic E-state index is 9.99. The van der Waals surface area contributed by atoms with Gasteiger partial charge < -0.3 is 0 Å². The molecule has 0 atom stereocenters. The van der Waals surface area contributed by atoms with Crippen LogP contribution in [0.4, 0.5) is 7.77 Å². The van der Waals surface area contributed by atoms with Crippen LogP contribution in [0.5, 0.6) is 0 Å². The summed E-state index contributed by atoms with van der Waals surface area (Å²) in [5.74, 6) is 0. The normalized spacial score (nSPS) is 10.4. The molecule has 0 saturated heterocycles. The van der Waals surface area contributed by atoms with Gasteiger partial charge in [-0.05, 0) is 0 Å². The molecule has 0 saturated carbocycles. The van der Waals surface area contributed by atoms with Crippen molar-refractivity contribution in [3.63, 3.8) is 0 Å². The summed E-state index contributed by atoms with van der Waals surface area (Å²) in [6.45, 7) is 0. The molecule has 0 rings (SSSR count). The van der Waals surface area contributed by atoms with Gasteiger partial charge in [-0.3, -0.25) is 0 Å². The van der Waals surface area contributed by atoms with Crippen molar-refractivity contribution in [3.05, 3.63) is 0 Å². The fraction of sp³-hybridized carbons (Fsp3) is 1.00. The third kappa shape index (κ3) is 311. The fourth-order valence-corrected chi connectivity index (χ4v) is 0. The van der Waals surface area contributed by atoms with Crippen molar-refractivity contribution in [2.24, 2.45) is 0 Å². The summed E-state index contributed by atoms with van der Waals surface area (Å²) in [4.78, 5) is 0. The lowest BCUT2D eigenvalue weighted by molar-refractivity contribution is 0.501. The van der Waals surface area contributed by atoms with Crippen LogP contribution in [0.1, 0.15) is 0 Å². The van der Waals surface area contributed by atoms with Crippen molar-refractivity contribution in [3.8, 4) is 0 Å².